The van der Waals surface area contributed by atoms with Crippen LogP contribution in [0.4, 0.5) is 0 Å². The third-order valence-electron chi connectivity index (χ3n) is 4.08. The average molecular weight is 315 g/mol. The van der Waals surface area contributed by atoms with Gasteiger partial charge in [0.1, 0.15) is 5.75 Å². The Morgan fingerprint density at radius 2 is 2.04 bits per heavy atom. The van der Waals surface area contributed by atoms with Crippen LogP contribution in [0, 0.1) is 19.8 Å². The summed E-state index contributed by atoms with van der Waals surface area (Å²) in [6, 6.07) is 4.34. The third-order valence-corrected chi connectivity index (χ3v) is 4.08. The molecule has 1 atom stereocenters. The Labute approximate surface area is 137 Å². The van der Waals surface area contributed by atoms with Gasteiger partial charge in [0, 0.05) is 5.56 Å². The maximum atomic E-state index is 5.93. The summed E-state index contributed by atoms with van der Waals surface area (Å²) >= 11 is 0. The summed E-state index contributed by atoms with van der Waals surface area (Å²) in [6.45, 7) is 10.2. The van der Waals surface area contributed by atoms with E-state index in [-0.39, 0.29) is 6.04 Å². The molecule has 0 bridgehead atoms. The molecule has 0 amide bonds. The molecule has 5 nitrogen and oxygen atoms in total. The minimum absolute atomic E-state index is 0.201. The van der Waals surface area contributed by atoms with Crippen molar-refractivity contribution in [2.24, 2.45) is 5.92 Å². The van der Waals surface area contributed by atoms with Crippen molar-refractivity contribution in [1.29, 1.82) is 0 Å². The molecule has 0 unspecified atom stereocenters. The molecule has 2 aromatic rings. The number of nitrogens with zero attached hydrogens (tertiary/aromatic N) is 2. The van der Waals surface area contributed by atoms with Crippen molar-refractivity contribution in [3.05, 3.63) is 29.2 Å². The van der Waals surface area contributed by atoms with E-state index < -0.39 is 0 Å². The summed E-state index contributed by atoms with van der Waals surface area (Å²) in [5, 5.41) is 7.53. The standard InChI is InChI=1S/C18H25N3O2/c1-11(2)10-22-16-12(3)8-14(9-13(16)4)17-20-18(23-21-17)15-6-5-7-19-15/h8-9,11,15,19H,5-7,10H2,1-4H3/t15-/m1/s1. The van der Waals surface area contributed by atoms with Crippen molar-refractivity contribution in [2.45, 2.75) is 46.6 Å². The Morgan fingerprint density at radius 3 is 2.65 bits per heavy atom. The van der Waals surface area contributed by atoms with Gasteiger partial charge in [0.2, 0.25) is 11.7 Å². The lowest BCUT2D eigenvalue weighted by Crippen LogP contribution is -2.12. The number of benzene rings is 1. The van der Waals surface area contributed by atoms with Gasteiger partial charge in [0.15, 0.2) is 0 Å². The Morgan fingerprint density at radius 1 is 1.30 bits per heavy atom. The average Bonchev–Trinajstić information content (AvgIpc) is 3.17. The minimum Gasteiger partial charge on any atom is -0.493 e. The quantitative estimate of drug-likeness (QED) is 0.909. The number of aromatic nitrogens is 2. The second-order valence-corrected chi connectivity index (χ2v) is 6.75. The van der Waals surface area contributed by atoms with Gasteiger partial charge in [-0.3, -0.25) is 0 Å². The summed E-state index contributed by atoms with van der Waals surface area (Å²) in [4.78, 5) is 4.57. The maximum Gasteiger partial charge on any atom is 0.244 e. The van der Waals surface area contributed by atoms with Crippen molar-refractivity contribution in [2.75, 3.05) is 13.2 Å². The zero-order chi connectivity index (χ0) is 16.4. The van der Waals surface area contributed by atoms with Gasteiger partial charge >= 0.3 is 0 Å². The zero-order valence-corrected chi connectivity index (χ0v) is 14.3. The fourth-order valence-electron chi connectivity index (χ4n) is 2.95. The first-order valence-electron chi connectivity index (χ1n) is 8.36. The zero-order valence-electron chi connectivity index (χ0n) is 14.3. The number of rotatable bonds is 5. The molecule has 0 radical (unpaired) electrons. The van der Waals surface area contributed by atoms with E-state index in [2.05, 4.69) is 55.3 Å². The molecule has 23 heavy (non-hydrogen) atoms. The number of aryl methyl sites for hydroxylation is 2. The van der Waals surface area contributed by atoms with E-state index in [9.17, 15) is 0 Å². The molecule has 1 aromatic carbocycles. The van der Waals surface area contributed by atoms with Crippen molar-refractivity contribution in [3.8, 4) is 17.1 Å². The summed E-state index contributed by atoms with van der Waals surface area (Å²) in [5.74, 6) is 2.80. The Balaban J connectivity index is 1.83. The highest BCUT2D eigenvalue weighted by Gasteiger charge is 2.23. The van der Waals surface area contributed by atoms with Crippen LogP contribution in [0.3, 0.4) is 0 Å². The van der Waals surface area contributed by atoms with E-state index in [1.807, 2.05) is 0 Å². The van der Waals surface area contributed by atoms with Crippen LogP contribution >= 0.6 is 0 Å². The maximum absolute atomic E-state index is 5.93. The molecule has 1 aliphatic rings. The highest BCUT2D eigenvalue weighted by atomic mass is 16.5. The van der Waals surface area contributed by atoms with Crippen molar-refractivity contribution in [1.82, 2.24) is 15.5 Å². The van der Waals surface area contributed by atoms with Crippen LogP contribution in [0.15, 0.2) is 16.7 Å². The van der Waals surface area contributed by atoms with Crippen LogP contribution in [0.5, 0.6) is 5.75 Å². The van der Waals surface area contributed by atoms with Crippen LogP contribution in [0.1, 0.15) is 49.7 Å². The van der Waals surface area contributed by atoms with Gasteiger partial charge in [0.25, 0.3) is 0 Å². The van der Waals surface area contributed by atoms with Gasteiger partial charge < -0.3 is 14.6 Å². The van der Waals surface area contributed by atoms with Crippen LogP contribution in [-0.2, 0) is 0 Å². The summed E-state index contributed by atoms with van der Waals surface area (Å²) in [6.07, 6.45) is 2.21. The van der Waals surface area contributed by atoms with Gasteiger partial charge in [-0.05, 0) is 62.4 Å². The summed E-state index contributed by atoms with van der Waals surface area (Å²) in [5.41, 5.74) is 3.18. The first-order chi connectivity index (χ1) is 11.0. The van der Waals surface area contributed by atoms with E-state index in [1.54, 1.807) is 0 Å². The molecule has 5 heteroatoms. The lowest BCUT2D eigenvalue weighted by atomic mass is 10.1. The normalized spacial score (nSPS) is 17.9. The fraction of sp³-hybridized carbons (Fsp3) is 0.556. The molecular weight excluding hydrogens is 290 g/mol. The second kappa shape index (κ2) is 6.71. The largest absolute Gasteiger partial charge is 0.493 e. The van der Waals surface area contributed by atoms with Crippen molar-refractivity contribution >= 4 is 0 Å². The van der Waals surface area contributed by atoms with E-state index in [0.29, 0.717) is 17.6 Å². The van der Waals surface area contributed by atoms with Gasteiger partial charge in [0.05, 0.1) is 12.6 Å². The predicted molar refractivity (Wildman–Crippen MR) is 89.5 cm³/mol. The van der Waals surface area contributed by atoms with Gasteiger partial charge in [-0.25, -0.2) is 0 Å². The van der Waals surface area contributed by atoms with Crippen LogP contribution in [0.2, 0.25) is 0 Å². The third kappa shape index (κ3) is 3.55. The second-order valence-electron chi connectivity index (χ2n) is 6.75. The van der Waals surface area contributed by atoms with Crippen molar-refractivity contribution in [3.63, 3.8) is 0 Å². The van der Waals surface area contributed by atoms with Crippen LogP contribution < -0.4 is 10.1 Å². The van der Waals surface area contributed by atoms with Crippen molar-refractivity contribution < 1.29 is 9.26 Å². The SMILES string of the molecule is Cc1cc(-c2noc([C@H]3CCCN3)n2)cc(C)c1OCC(C)C. The summed E-state index contributed by atoms with van der Waals surface area (Å²) < 4.78 is 11.4. The Kier molecular flexibility index (Phi) is 4.66. The van der Waals surface area contributed by atoms with Gasteiger partial charge in [-0.1, -0.05) is 19.0 Å². The lowest BCUT2D eigenvalue weighted by molar-refractivity contribution is 0.268. The van der Waals surface area contributed by atoms with E-state index in [0.717, 1.165) is 48.4 Å². The lowest BCUT2D eigenvalue weighted by Gasteiger charge is -2.14. The van der Waals surface area contributed by atoms with Crippen LogP contribution in [0.25, 0.3) is 11.4 Å². The van der Waals surface area contributed by atoms with E-state index in [1.165, 1.54) is 0 Å². The van der Waals surface area contributed by atoms with Gasteiger partial charge in [-0.2, -0.15) is 4.98 Å². The molecule has 1 saturated heterocycles. The molecule has 0 spiro atoms. The van der Waals surface area contributed by atoms with Crippen LogP contribution in [-0.4, -0.2) is 23.3 Å². The highest BCUT2D eigenvalue weighted by Crippen LogP contribution is 2.30. The first-order valence-corrected chi connectivity index (χ1v) is 8.36. The smallest absolute Gasteiger partial charge is 0.244 e. The first kappa shape index (κ1) is 16.0. The summed E-state index contributed by atoms with van der Waals surface area (Å²) in [7, 11) is 0. The van der Waals surface area contributed by atoms with Gasteiger partial charge in [-0.15, -0.1) is 0 Å². The topological polar surface area (TPSA) is 60.2 Å². The molecule has 124 valence electrons. The molecule has 1 N–H and O–H groups in total. The Hall–Kier alpha value is -1.88. The Bertz CT molecular complexity index is 650. The van der Waals surface area contributed by atoms with E-state index >= 15 is 0 Å². The monoisotopic (exact) mass is 315 g/mol. The molecule has 0 saturated carbocycles. The molecule has 1 fully saturated rings. The highest BCUT2D eigenvalue weighted by molar-refractivity contribution is 5.61. The molecule has 2 heterocycles. The fourth-order valence-corrected chi connectivity index (χ4v) is 2.95. The number of ether oxygens (including phenoxy) is 1. The number of nitrogens with one attached hydrogen (secondary N) is 1. The van der Waals surface area contributed by atoms with E-state index in [4.69, 9.17) is 9.26 Å². The predicted octanol–water partition coefficient (Wildman–Crippen LogP) is 3.81. The minimum atomic E-state index is 0.201. The number of hydrogen-bond donors (Lipinski definition) is 1. The molecule has 0 aliphatic carbocycles. The molecule has 1 aromatic heterocycles. The number of hydrogen-bond acceptors (Lipinski definition) is 5. The molecule has 1 aliphatic heterocycles. The molecule has 3 rings (SSSR count). The molecular formula is C18H25N3O2.